The summed E-state index contributed by atoms with van der Waals surface area (Å²) in [5.74, 6) is 0. The lowest BCUT2D eigenvalue weighted by Crippen LogP contribution is -2.26. The van der Waals surface area contributed by atoms with E-state index in [1.165, 1.54) is 19.3 Å². The fourth-order valence-corrected chi connectivity index (χ4v) is 3.29. The Kier molecular flexibility index (Phi) is 4.83. The highest BCUT2D eigenvalue weighted by Gasteiger charge is 2.34. The summed E-state index contributed by atoms with van der Waals surface area (Å²) in [7, 11) is 1.72. The Balaban J connectivity index is 2.09. The number of nitrogens with zero attached hydrogens (tertiary/aromatic N) is 2. The first-order valence-electron chi connectivity index (χ1n) is 7.71. The van der Waals surface area contributed by atoms with Crippen molar-refractivity contribution in [2.75, 3.05) is 25.5 Å². The Morgan fingerprint density at radius 2 is 2.10 bits per heavy atom. The molecule has 0 atom stereocenters. The van der Waals surface area contributed by atoms with Gasteiger partial charge in [-0.1, -0.05) is 19.9 Å². The molecular formula is C16H25N3O2. The highest BCUT2D eigenvalue weighted by Crippen LogP contribution is 2.37. The highest BCUT2D eigenvalue weighted by molar-refractivity contribution is 5.62. The largest absolute Gasteiger partial charge is 0.383 e. The van der Waals surface area contributed by atoms with Crippen molar-refractivity contribution < 1.29 is 4.92 Å². The van der Waals surface area contributed by atoms with Crippen molar-refractivity contribution in [3.63, 3.8) is 0 Å². The Morgan fingerprint density at radius 1 is 1.38 bits per heavy atom. The third-order valence-corrected chi connectivity index (χ3v) is 4.95. The minimum Gasteiger partial charge on any atom is -0.383 e. The molecule has 0 aliphatic carbocycles. The van der Waals surface area contributed by atoms with E-state index in [0.29, 0.717) is 11.1 Å². The van der Waals surface area contributed by atoms with Gasteiger partial charge in [-0.05, 0) is 42.9 Å². The van der Waals surface area contributed by atoms with Gasteiger partial charge in [0.25, 0.3) is 5.69 Å². The quantitative estimate of drug-likeness (QED) is 0.642. The standard InChI is InChI=1S/C16H25N3O2/c1-4-16(5-2)8-9-18(12-16)11-13-6-7-15(19(20)21)14(10-13)17-3/h6-7,10,17H,4-5,8-9,11-12H2,1-3H3. The normalized spacial score (nSPS) is 17.9. The minimum atomic E-state index is -0.343. The van der Waals surface area contributed by atoms with Gasteiger partial charge in [-0.2, -0.15) is 0 Å². The van der Waals surface area contributed by atoms with E-state index in [1.807, 2.05) is 12.1 Å². The highest BCUT2D eigenvalue weighted by atomic mass is 16.6. The molecule has 1 aliphatic rings. The molecule has 1 aliphatic heterocycles. The first-order chi connectivity index (χ1) is 10.0. The van der Waals surface area contributed by atoms with Crippen molar-refractivity contribution in [1.29, 1.82) is 0 Å². The van der Waals surface area contributed by atoms with E-state index in [0.717, 1.165) is 25.2 Å². The molecule has 1 heterocycles. The van der Waals surface area contributed by atoms with E-state index in [9.17, 15) is 10.1 Å². The van der Waals surface area contributed by atoms with Gasteiger partial charge in [-0.15, -0.1) is 0 Å². The molecule has 0 aromatic heterocycles. The molecule has 21 heavy (non-hydrogen) atoms. The number of nitrogens with one attached hydrogen (secondary N) is 1. The van der Waals surface area contributed by atoms with Gasteiger partial charge >= 0.3 is 0 Å². The molecule has 0 bridgehead atoms. The van der Waals surface area contributed by atoms with Crippen molar-refractivity contribution in [3.05, 3.63) is 33.9 Å². The molecule has 5 nitrogen and oxygen atoms in total. The van der Waals surface area contributed by atoms with E-state index in [2.05, 4.69) is 24.1 Å². The Labute approximate surface area is 126 Å². The topological polar surface area (TPSA) is 58.4 Å². The molecule has 1 saturated heterocycles. The number of rotatable bonds is 6. The molecule has 1 aromatic carbocycles. The van der Waals surface area contributed by atoms with Gasteiger partial charge in [0.1, 0.15) is 5.69 Å². The molecule has 2 rings (SSSR count). The molecule has 0 spiro atoms. The fraction of sp³-hybridized carbons (Fsp3) is 0.625. The maximum Gasteiger partial charge on any atom is 0.292 e. The molecule has 0 unspecified atom stereocenters. The summed E-state index contributed by atoms with van der Waals surface area (Å²) >= 11 is 0. The summed E-state index contributed by atoms with van der Waals surface area (Å²) in [6, 6.07) is 5.37. The first-order valence-corrected chi connectivity index (χ1v) is 7.71. The molecule has 0 radical (unpaired) electrons. The van der Waals surface area contributed by atoms with Crippen molar-refractivity contribution in [2.24, 2.45) is 5.41 Å². The monoisotopic (exact) mass is 291 g/mol. The molecule has 1 N–H and O–H groups in total. The molecule has 0 saturated carbocycles. The Morgan fingerprint density at radius 3 is 2.62 bits per heavy atom. The number of likely N-dealkylation sites (tertiary alicyclic amines) is 1. The number of nitro benzene ring substituents is 1. The van der Waals surface area contributed by atoms with Gasteiger partial charge in [-0.25, -0.2) is 0 Å². The third kappa shape index (κ3) is 3.35. The SMILES string of the molecule is CCC1(CC)CCN(Cc2ccc([N+](=O)[O-])c(NC)c2)C1. The van der Waals surface area contributed by atoms with Crippen LogP contribution in [0.15, 0.2) is 18.2 Å². The maximum atomic E-state index is 11.0. The van der Waals surface area contributed by atoms with Gasteiger partial charge in [0.05, 0.1) is 4.92 Å². The first kappa shape index (κ1) is 15.8. The number of hydrogen-bond donors (Lipinski definition) is 1. The lowest BCUT2D eigenvalue weighted by atomic mass is 9.82. The number of nitro groups is 1. The van der Waals surface area contributed by atoms with E-state index in [4.69, 9.17) is 0 Å². The van der Waals surface area contributed by atoms with Gasteiger partial charge in [0, 0.05) is 26.2 Å². The molecule has 1 aromatic rings. The smallest absolute Gasteiger partial charge is 0.292 e. The maximum absolute atomic E-state index is 11.0. The van der Waals surface area contributed by atoms with Gasteiger partial charge in [0.15, 0.2) is 0 Å². The third-order valence-electron chi connectivity index (χ3n) is 4.95. The van der Waals surface area contributed by atoms with E-state index < -0.39 is 0 Å². The Hall–Kier alpha value is -1.62. The van der Waals surface area contributed by atoms with Crippen LogP contribution in [-0.4, -0.2) is 30.0 Å². The van der Waals surface area contributed by atoms with Crippen LogP contribution >= 0.6 is 0 Å². The van der Waals surface area contributed by atoms with Crippen molar-refractivity contribution >= 4 is 11.4 Å². The van der Waals surface area contributed by atoms with Gasteiger partial charge in [-0.3, -0.25) is 15.0 Å². The van der Waals surface area contributed by atoms with Crippen LogP contribution in [0.1, 0.15) is 38.7 Å². The molecule has 116 valence electrons. The zero-order chi connectivity index (χ0) is 15.5. The minimum absolute atomic E-state index is 0.138. The number of benzene rings is 1. The molecule has 1 fully saturated rings. The van der Waals surface area contributed by atoms with Crippen LogP contribution in [0, 0.1) is 15.5 Å². The fourth-order valence-electron chi connectivity index (χ4n) is 3.29. The second-order valence-electron chi connectivity index (χ2n) is 6.03. The van der Waals surface area contributed by atoms with E-state index >= 15 is 0 Å². The summed E-state index contributed by atoms with van der Waals surface area (Å²) in [6.07, 6.45) is 3.70. The molecule has 0 amide bonds. The lowest BCUT2D eigenvalue weighted by Gasteiger charge is -2.26. The summed E-state index contributed by atoms with van der Waals surface area (Å²) in [5, 5.41) is 13.9. The zero-order valence-electron chi connectivity index (χ0n) is 13.2. The van der Waals surface area contributed by atoms with Crippen LogP contribution in [0.5, 0.6) is 0 Å². The zero-order valence-corrected chi connectivity index (χ0v) is 13.2. The number of anilines is 1. The summed E-state index contributed by atoms with van der Waals surface area (Å²) in [6.45, 7) is 7.67. The van der Waals surface area contributed by atoms with Crippen LogP contribution in [0.3, 0.4) is 0 Å². The van der Waals surface area contributed by atoms with Crippen LogP contribution in [0.4, 0.5) is 11.4 Å². The predicted octanol–water partition coefficient (Wildman–Crippen LogP) is 3.65. The average molecular weight is 291 g/mol. The van der Waals surface area contributed by atoms with Crippen LogP contribution in [-0.2, 0) is 6.54 Å². The molecular weight excluding hydrogens is 266 g/mol. The van der Waals surface area contributed by atoms with Crippen molar-refractivity contribution in [2.45, 2.75) is 39.7 Å². The van der Waals surface area contributed by atoms with Crippen LogP contribution < -0.4 is 5.32 Å². The lowest BCUT2D eigenvalue weighted by molar-refractivity contribution is -0.384. The Bertz CT molecular complexity index is 512. The second kappa shape index (κ2) is 6.43. The summed E-state index contributed by atoms with van der Waals surface area (Å²) in [5.41, 5.74) is 2.33. The van der Waals surface area contributed by atoms with E-state index in [1.54, 1.807) is 13.1 Å². The predicted molar refractivity (Wildman–Crippen MR) is 85.6 cm³/mol. The van der Waals surface area contributed by atoms with Gasteiger partial charge < -0.3 is 5.32 Å². The van der Waals surface area contributed by atoms with Crippen molar-refractivity contribution in [3.8, 4) is 0 Å². The summed E-state index contributed by atoms with van der Waals surface area (Å²) < 4.78 is 0. The molecule has 5 heteroatoms. The van der Waals surface area contributed by atoms with Gasteiger partial charge in [0.2, 0.25) is 0 Å². The van der Waals surface area contributed by atoms with Crippen LogP contribution in [0.25, 0.3) is 0 Å². The van der Waals surface area contributed by atoms with Crippen molar-refractivity contribution in [1.82, 2.24) is 4.90 Å². The van der Waals surface area contributed by atoms with Crippen LogP contribution in [0.2, 0.25) is 0 Å². The number of hydrogen-bond acceptors (Lipinski definition) is 4. The summed E-state index contributed by atoms with van der Waals surface area (Å²) in [4.78, 5) is 13.1. The second-order valence-corrected chi connectivity index (χ2v) is 6.03. The van der Waals surface area contributed by atoms with E-state index in [-0.39, 0.29) is 10.6 Å². The average Bonchev–Trinajstić information content (AvgIpc) is 2.90.